The van der Waals surface area contributed by atoms with E-state index in [0.29, 0.717) is 12.4 Å². The first-order valence-electron chi connectivity index (χ1n) is 10.7. The first-order chi connectivity index (χ1) is 15.1. The Kier molecular flexibility index (Phi) is 4.94. The number of carbonyl (C=O) groups is 1. The number of aryl methyl sites for hydroxylation is 2. The van der Waals surface area contributed by atoms with E-state index in [1.54, 1.807) is 0 Å². The van der Waals surface area contributed by atoms with Gasteiger partial charge in [0.2, 0.25) is 5.89 Å². The number of hydrogen-bond donors (Lipinski definition) is 1. The van der Waals surface area contributed by atoms with Gasteiger partial charge in [-0.05, 0) is 67.1 Å². The molecule has 0 aliphatic carbocycles. The molecule has 1 N–H and O–H groups in total. The monoisotopic (exact) mass is 411 g/mol. The van der Waals surface area contributed by atoms with Crippen LogP contribution in [-0.4, -0.2) is 22.5 Å². The number of likely N-dealkylation sites (tertiary alicyclic amines) is 1. The van der Waals surface area contributed by atoms with E-state index in [1.165, 1.54) is 11.1 Å². The van der Waals surface area contributed by atoms with E-state index < -0.39 is 0 Å². The summed E-state index contributed by atoms with van der Waals surface area (Å²) in [4.78, 5) is 19.6. The van der Waals surface area contributed by atoms with Gasteiger partial charge >= 0.3 is 6.03 Å². The highest BCUT2D eigenvalue weighted by Crippen LogP contribution is 2.35. The van der Waals surface area contributed by atoms with Crippen LogP contribution in [0.15, 0.2) is 71.1 Å². The Balaban J connectivity index is 1.42. The minimum Gasteiger partial charge on any atom is -0.438 e. The summed E-state index contributed by atoms with van der Waals surface area (Å²) in [6.45, 7) is 4.79. The molecule has 1 aliphatic rings. The third-order valence-electron chi connectivity index (χ3n) is 6.05. The number of para-hydroxylation sites is 1. The van der Waals surface area contributed by atoms with E-state index in [-0.39, 0.29) is 12.1 Å². The fraction of sp³-hybridized carbons (Fsp3) is 0.231. The van der Waals surface area contributed by atoms with Gasteiger partial charge in [-0.15, -0.1) is 0 Å². The Morgan fingerprint density at radius 2 is 1.81 bits per heavy atom. The molecule has 156 valence electrons. The van der Waals surface area contributed by atoms with Crippen molar-refractivity contribution in [3.05, 3.63) is 83.7 Å². The van der Waals surface area contributed by atoms with Crippen LogP contribution < -0.4 is 5.32 Å². The Labute approximate surface area is 181 Å². The molecule has 2 heterocycles. The van der Waals surface area contributed by atoms with E-state index in [9.17, 15) is 4.79 Å². The quantitative estimate of drug-likeness (QED) is 0.420. The first-order valence-corrected chi connectivity index (χ1v) is 10.7. The fourth-order valence-corrected chi connectivity index (χ4v) is 4.32. The summed E-state index contributed by atoms with van der Waals surface area (Å²) < 4.78 is 6.09. The van der Waals surface area contributed by atoms with E-state index in [2.05, 4.69) is 36.5 Å². The maximum absolute atomic E-state index is 13.0. The van der Waals surface area contributed by atoms with E-state index in [1.807, 2.05) is 54.3 Å². The molecule has 0 saturated carbocycles. The molecule has 4 aromatic rings. The second-order valence-electron chi connectivity index (χ2n) is 8.15. The van der Waals surface area contributed by atoms with Crippen molar-refractivity contribution in [2.75, 3.05) is 11.9 Å². The molecule has 1 aliphatic heterocycles. The smallest absolute Gasteiger partial charge is 0.322 e. The summed E-state index contributed by atoms with van der Waals surface area (Å²) in [6, 6.07) is 22.0. The predicted molar refractivity (Wildman–Crippen MR) is 123 cm³/mol. The lowest BCUT2D eigenvalue weighted by atomic mass is 10.0. The van der Waals surface area contributed by atoms with Gasteiger partial charge in [-0.25, -0.2) is 9.78 Å². The molecule has 5 heteroatoms. The molecule has 1 atom stereocenters. The van der Waals surface area contributed by atoms with Crippen LogP contribution in [0.3, 0.4) is 0 Å². The van der Waals surface area contributed by atoms with E-state index >= 15 is 0 Å². The predicted octanol–water partition coefficient (Wildman–Crippen LogP) is 6.48. The number of rotatable bonds is 3. The number of carbonyl (C=O) groups excluding carboxylic acids is 1. The number of urea groups is 1. The molecule has 0 radical (unpaired) electrons. The Hall–Kier alpha value is -3.60. The van der Waals surface area contributed by atoms with Gasteiger partial charge in [0.05, 0.1) is 0 Å². The van der Waals surface area contributed by atoms with Gasteiger partial charge in [-0.3, -0.25) is 0 Å². The number of amides is 2. The Morgan fingerprint density at radius 1 is 1.03 bits per heavy atom. The van der Waals surface area contributed by atoms with Crippen LogP contribution in [0.2, 0.25) is 0 Å². The van der Waals surface area contributed by atoms with Crippen LogP contribution in [0.1, 0.15) is 35.9 Å². The van der Waals surface area contributed by atoms with Crippen LogP contribution in [0.4, 0.5) is 10.5 Å². The van der Waals surface area contributed by atoms with Gasteiger partial charge in [0.25, 0.3) is 0 Å². The second-order valence-corrected chi connectivity index (χ2v) is 8.15. The summed E-state index contributed by atoms with van der Waals surface area (Å²) in [5.74, 6) is 0.606. The van der Waals surface area contributed by atoms with Crippen molar-refractivity contribution >= 4 is 22.8 Å². The molecule has 1 aromatic heterocycles. The number of benzene rings is 3. The lowest BCUT2D eigenvalue weighted by Gasteiger charge is -2.23. The normalized spacial score (nSPS) is 16.1. The number of hydrogen-bond acceptors (Lipinski definition) is 3. The summed E-state index contributed by atoms with van der Waals surface area (Å²) >= 11 is 0. The van der Waals surface area contributed by atoms with Crippen molar-refractivity contribution in [3.8, 4) is 11.1 Å². The van der Waals surface area contributed by atoms with E-state index in [4.69, 9.17) is 9.40 Å². The minimum atomic E-state index is -0.154. The zero-order valence-electron chi connectivity index (χ0n) is 17.8. The molecule has 1 fully saturated rings. The fourth-order valence-electron chi connectivity index (χ4n) is 4.32. The molecule has 31 heavy (non-hydrogen) atoms. The average Bonchev–Trinajstić information content (AvgIpc) is 3.42. The third-order valence-corrected chi connectivity index (χ3v) is 6.05. The molecule has 5 nitrogen and oxygen atoms in total. The molecule has 0 spiro atoms. The molecule has 1 saturated heterocycles. The maximum atomic E-state index is 13.0. The van der Waals surface area contributed by atoms with Gasteiger partial charge in [0.1, 0.15) is 11.6 Å². The number of nitrogens with zero attached hydrogens (tertiary/aromatic N) is 2. The molecular weight excluding hydrogens is 386 g/mol. The summed E-state index contributed by atoms with van der Waals surface area (Å²) in [6.07, 6.45) is 1.78. The number of fused-ring (bicyclic) bond motifs is 1. The van der Waals surface area contributed by atoms with Gasteiger partial charge in [0, 0.05) is 12.2 Å². The second kappa shape index (κ2) is 7.91. The van der Waals surface area contributed by atoms with E-state index in [0.717, 1.165) is 40.8 Å². The largest absolute Gasteiger partial charge is 0.438 e. The minimum absolute atomic E-state index is 0.111. The standard InChI is InChI=1S/C26H25N3O2/c1-17-8-3-5-10-20(17)19-13-14-24-22(16-19)27-25(31-24)23-12-7-15-29(23)26(30)28-21-11-6-4-9-18(21)2/h3-6,8-11,13-14,16,23H,7,12,15H2,1-2H3,(H,28,30)/t23-/m0/s1. The van der Waals surface area contributed by atoms with Crippen molar-refractivity contribution < 1.29 is 9.21 Å². The van der Waals surface area contributed by atoms with Crippen LogP contribution in [0.5, 0.6) is 0 Å². The van der Waals surface area contributed by atoms with Gasteiger partial charge in [-0.1, -0.05) is 48.5 Å². The number of anilines is 1. The zero-order chi connectivity index (χ0) is 21.4. The molecule has 0 unspecified atom stereocenters. The van der Waals surface area contributed by atoms with Gasteiger partial charge < -0.3 is 14.6 Å². The first kappa shape index (κ1) is 19.4. The summed E-state index contributed by atoms with van der Waals surface area (Å²) in [7, 11) is 0. The molecule has 0 bridgehead atoms. The highest BCUT2D eigenvalue weighted by Gasteiger charge is 2.33. The number of aromatic nitrogens is 1. The van der Waals surface area contributed by atoms with Crippen LogP contribution in [-0.2, 0) is 0 Å². The maximum Gasteiger partial charge on any atom is 0.322 e. The van der Waals surface area contributed by atoms with Crippen LogP contribution in [0.25, 0.3) is 22.2 Å². The molecular formula is C26H25N3O2. The van der Waals surface area contributed by atoms with Crippen molar-refractivity contribution in [1.82, 2.24) is 9.88 Å². The van der Waals surface area contributed by atoms with Crippen LogP contribution in [0, 0.1) is 13.8 Å². The lowest BCUT2D eigenvalue weighted by molar-refractivity contribution is 0.199. The number of nitrogens with one attached hydrogen (secondary N) is 1. The van der Waals surface area contributed by atoms with Crippen LogP contribution >= 0.6 is 0 Å². The van der Waals surface area contributed by atoms with Gasteiger partial charge in [-0.2, -0.15) is 0 Å². The highest BCUT2D eigenvalue weighted by molar-refractivity contribution is 5.90. The van der Waals surface area contributed by atoms with Crippen molar-refractivity contribution in [3.63, 3.8) is 0 Å². The molecule has 5 rings (SSSR count). The summed E-state index contributed by atoms with van der Waals surface area (Å²) in [5, 5.41) is 3.04. The van der Waals surface area contributed by atoms with Crippen molar-refractivity contribution in [2.24, 2.45) is 0 Å². The third kappa shape index (κ3) is 3.67. The van der Waals surface area contributed by atoms with Crippen molar-refractivity contribution in [2.45, 2.75) is 32.7 Å². The zero-order valence-corrected chi connectivity index (χ0v) is 17.8. The Morgan fingerprint density at radius 3 is 2.61 bits per heavy atom. The van der Waals surface area contributed by atoms with Crippen molar-refractivity contribution in [1.29, 1.82) is 0 Å². The molecule has 3 aromatic carbocycles. The summed E-state index contributed by atoms with van der Waals surface area (Å²) in [5.41, 5.74) is 6.97. The number of oxazole rings is 1. The average molecular weight is 412 g/mol. The highest BCUT2D eigenvalue weighted by atomic mass is 16.4. The molecule has 2 amide bonds. The lowest BCUT2D eigenvalue weighted by Crippen LogP contribution is -2.34. The topological polar surface area (TPSA) is 58.4 Å². The SMILES string of the molecule is Cc1ccccc1NC(=O)N1CCC[C@H]1c1nc2cc(-c3ccccc3C)ccc2o1. The van der Waals surface area contributed by atoms with Gasteiger partial charge in [0.15, 0.2) is 5.58 Å². The Bertz CT molecular complexity index is 1260.